The number of fused-ring (bicyclic) bond motifs is 1. The van der Waals surface area contributed by atoms with Crippen LogP contribution in [0.4, 0.5) is 5.69 Å². The lowest BCUT2D eigenvalue weighted by atomic mass is 9.85. The van der Waals surface area contributed by atoms with E-state index in [1.165, 1.54) is 0 Å². The number of anilines is 1. The molecule has 1 aromatic carbocycles. The Kier molecular flexibility index (Phi) is 4.02. The maximum Gasteiger partial charge on any atom is 0.255 e. The third kappa shape index (κ3) is 2.89. The normalized spacial score (nSPS) is 18.2. The van der Waals surface area contributed by atoms with E-state index in [1.807, 2.05) is 19.9 Å². The Labute approximate surface area is 157 Å². The van der Waals surface area contributed by atoms with E-state index in [0.29, 0.717) is 37.3 Å². The molecule has 0 spiro atoms. The van der Waals surface area contributed by atoms with E-state index >= 15 is 0 Å². The maximum atomic E-state index is 12.9. The molecule has 0 atom stereocenters. The number of rotatable bonds is 2. The van der Waals surface area contributed by atoms with E-state index in [2.05, 4.69) is 10.3 Å². The highest BCUT2D eigenvalue weighted by Gasteiger charge is 2.39. The summed E-state index contributed by atoms with van der Waals surface area (Å²) in [6.45, 7) is 5.71. The predicted molar refractivity (Wildman–Crippen MR) is 101 cm³/mol. The molecule has 2 aliphatic heterocycles. The number of nitrogens with zero attached hydrogens (tertiary/aromatic N) is 2. The Balaban J connectivity index is 1.46. The van der Waals surface area contributed by atoms with Crippen molar-refractivity contribution < 1.29 is 14.4 Å². The molecular formula is C20H22N4O3. The average Bonchev–Trinajstić information content (AvgIpc) is 3.28. The highest BCUT2D eigenvalue weighted by atomic mass is 16.2. The monoisotopic (exact) mass is 366 g/mol. The van der Waals surface area contributed by atoms with Crippen molar-refractivity contribution in [1.82, 2.24) is 14.8 Å². The van der Waals surface area contributed by atoms with Crippen molar-refractivity contribution in [3.8, 4) is 0 Å². The van der Waals surface area contributed by atoms with Crippen LogP contribution >= 0.6 is 0 Å². The molecular weight excluding hydrogens is 344 g/mol. The summed E-state index contributed by atoms with van der Waals surface area (Å²) >= 11 is 0. The van der Waals surface area contributed by atoms with Crippen LogP contribution < -0.4 is 5.32 Å². The lowest BCUT2D eigenvalue weighted by molar-refractivity contribution is -0.119. The zero-order chi connectivity index (χ0) is 19.2. The molecule has 1 saturated heterocycles. The number of nitrogens with one attached hydrogen (secondary N) is 2. The number of aromatic amines is 1. The first-order valence-electron chi connectivity index (χ1n) is 9.05. The number of H-pyrrole nitrogens is 1. The molecule has 0 saturated carbocycles. The molecule has 140 valence electrons. The van der Waals surface area contributed by atoms with Gasteiger partial charge in [0.15, 0.2) is 0 Å². The first-order chi connectivity index (χ1) is 12.9. The van der Waals surface area contributed by atoms with Gasteiger partial charge < -0.3 is 20.1 Å². The molecule has 3 amide bonds. The number of hydrogen-bond donors (Lipinski definition) is 2. The minimum absolute atomic E-state index is 0.0211. The van der Waals surface area contributed by atoms with Gasteiger partial charge in [0, 0.05) is 49.8 Å². The summed E-state index contributed by atoms with van der Waals surface area (Å²) in [4.78, 5) is 43.8. The van der Waals surface area contributed by atoms with Crippen molar-refractivity contribution in [2.24, 2.45) is 0 Å². The van der Waals surface area contributed by atoms with Gasteiger partial charge in [-0.05, 0) is 43.7 Å². The molecule has 1 aromatic heterocycles. The molecule has 3 heterocycles. The molecule has 0 unspecified atom stereocenters. The van der Waals surface area contributed by atoms with Crippen LogP contribution in [0.3, 0.4) is 0 Å². The van der Waals surface area contributed by atoms with E-state index in [0.717, 1.165) is 11.3 Å². The molecule has 27 heavy (non-hydrogen) atoms. The smallest absolute Gasteiger partial charge is 0.255 e. The summed E-state index contributed by atoms with van der Waals surface area (Å²) in [5.41, 5.74) is 2.17. The molecule has 2 N–H and O–H groups in total. The predicted octanol–water partition coefficient (Wildman–Crippen LogP) is 1.84. The molecule has 7 nitrogen and oxygen atoms in total. The van der Waals surface area contributed by atoms with Crippen LogP contribution in [0, 0.1) is 0 Å². The Morgan fingerprint density at radius 2 is 1.59 bits per heavy atom. The minimum atomic E-state index is -0.646. The van der Waals surface area contributed by atoms with Crippen LogP contribution in [0.2, 0.25) is 0 Å². The maximum absolute atomic E-state index is 12.9. The summed E-state index contributed by atoms with van der Waals surface area (Å²) in [6, 6.07) is 7.11. The first-order valence-corrected chi connectivity index (χ1v) is 9.05. The van der Waals surface area contributed by atoms with Gasteiger partial charge in [0.2, 0.25) is 5.91 Å². The largest absolute Gasteiger partial charge is 0.367 e. The van der Waals surface area contributed by atoms with Gasteiger partial charge in [-0.1, -0.05) is 0 Å². The molecule has 0 radical (unpaired) electrons. The Bertz CT molecular complexity index is 909. The van der Waals surface area contributed by atoms with Crippen LogP contribution in [0.5, 0.6) is 0 Å². The first kappa shape index (κ1) is 17.3. The highest BCUT2D eigenvalue weighted by Crippen LogP contribution is 2.37. The van der Waals surface area contributed by atoms with Gasteiger partial charge in [0.1, 0.15) is 0 Å². The summed E-state index contributed by atoms with van der Waals surface area (Å²) < 4.78 is 0. The number of piperazine rings is 1. The van der Waals surface area contributed by atoms with Crippen molar-refractivity contribution in [3.63, 3.8) is 0 Å². The van der Waals surface area contributed by atoms with Crippen LogP contribution in [-0.4, -0.2) is 58.7 Å². The van der Waals surface area contributed by atoms with Gasteiger partial charge in [-0.3, -0.25) is 14.4 Å². The lowest BCUT2D eigenvalue weighted by Gasteiger charge is -2.34. The zero-order valence-electron chi connectivity index (χ0n) is 15.4. The van der Waals surface area contributed by atoms with Gasteiger partial charge in [-0.2, -0.15) is 0 Å². The molecule has 2 aliphatic rings. The quantitative estimate of drug-likeness (QED) is 0.850. The number of carbonyl (C=O) groups excluding carboxylic acids is 3. The SMILES string of the molecule is CC1(C)C(=O)Nc2ccc(C(=O)N3CCN(C(=O)c4cc[nH]c4)CC3)cc21. The van der Waals surface area contributed by atoms with E-state index in [9.17, 15) is 14.4 Å². The summed E-state index contributed by atoms with van der Waals surface area (Å²) in [5.74, 6) is -0.145. The van der Waals surface area contributed by atoms with Gasteiger partial charge in [-0.25, -0.2) is 0 Å². The Morgan fingerprint density at radius 1 is 0.963 bits per heavy atom. The third-order valence-corrected chi connectivity index (χ3v) is 5.45. The molecule has 0 aliphatic carbocycles. The molecule has 7 heteroatoms. The van der Waals surface area contributed by atoms with Gasteiger partial charge in [0.25, 0.3) is 11.8 Å². The van der Waals surface area contributed by atoms with Gasteiger partial charge >= 0.3 is 0 Å². The van der Waals surface area contributed by atoms with Crippen LogP contribution in [0.25, 0.3) is 0 Å². The number of aromatic nitrogens is 1. The average molecular weight is 366 g/mol. The number of benzene rings is 1. The van der Waals surface area contributed by atoms with Crippen molar-refractivity contribution in [2.75, 3.05) is 31.5 Å². The molecule has 0 bridgehead atoms. The van der Waals surface area contributed by atoms with Crippen LogP contribution in [0.1, 0.15) is 40.1 Å². The number of hydrogen-bond acceptors (Lipinski definition) is 3. The number of amides is 3. The fourth-order valence-electron chi connectivity index (χ4n) is 3.64. The number of carbonyl (C=O) groups is 3. The van der Waals surface area contributed by atoms with Crippen molar-refractivity contribution in [1.29, 1.82) is 0 Å². The second kappa shape index (κ2) is 6.26. The van der Waals surface area contributed by atoms with Crippen molar-refractivity contribution >= 4 is 23.4 Å². The topological polar surface area (TPSA) is 85.5 Å². The second-order valence-corrected chi connectivity index (χ2v) is 7.52. The summed E-state index contributed by atoms with van der Waals surface area (Å²) in [6.07, 6.45) is 3.41. The summed E-state index contributed by atoms with van der Waals surface area (Å²) in [7, 11) is 0. The van der Waals surface area contributed by atoms with Crippen LogP contribution in [0.15, 0.2) is 36.7 Å². The second-order valence-electron chi connectivity index (χ2n) is 7.52. The standard InChI is InChI=1S/C20H22N4O3/c1-20(2)15-11-13(3-4-16(15)22-19(20)27)17(25)23-7-9-24(10-8-23)18(26)14-5-6-21-12-14/h3-6,11-12,21H,7-10H2,1-2H3,(H,22,27). The summed E-state index contributed by atoms with van der Waals surface area (Å²) in [5, 5.41) is 2.85. The van der Waals surface area contributed by atoms with E-state index in [4.69, 9.17) is 0 Å². The third-order valence-electron chi connectivity index (χ3n) is 5.45. The Morgan fingerprint density at radius 3 is 2.19 bits per heavy atom. The van der Waals surface area contributed by atoms with Crippen molar-refractivity contribution in [2.45, 2.75) is 19.3 Å². The highest BCUT2D eigenvalue weighted by molar-refractivity contribution is 6.07. The van der Waals surface area contributed by atoms with E-state index in [-0.39, 0.29) is 17.7 Å². The van der Waals surface area contributed by atoms with Gasteiger partial charge in [0.05, 0.1) is 11.0 Å². The molecule has 1 fully saturated rings. The Hall–Kier alpha value is -3.09. The molecule has 2 aromatic rings. The fraction of sp³-hybridized carbons (Fsp3) is 0.350. The van der Waals surface area contributed by atoms with E-state index < -0.39 is 5.41 Å². The fourth-order valence-corrected chi connectivity index (χ4v) is 3.64. The minimum Gasteiger partial charge on any atom is -0.367 e. The van der Waals surface area contributed by atoms with Crippen LogP contribution in [-0.2, 0) is 10.2 Å². The lowest BCUT2D eigenvalue weighted by Crippen LogP contribution is -2.50. The van der Waals surface area contributed by atoms with Gasteiger partial charge in [-0.15, -0.1) is 0 Å². The van der Waals surface area contributed by atoms with E-state index in [1.54, 1.807) is 40.4 Å². The molecule has 4 rings (SSSR count). The zero-order valence-corrected chi connectivity index (χ0v) is 15.4. The van der Waals surface area contributed by atoms with Crippen molar-refractivity contribution in [3.05, 3.63) is 53.3 Å².